The molecule has 1 atom stereocenters. The van der Waals surface area contributed by atoms with Crippen LogP contribution >= 0.6 is 15.9 Å². The maximum Gasteiger partial charge on any atom is 0.270 e. The van der Waals surface area contributed by atoms with Crippen LogP contribution in [0.4, 0.5) is 0 Å². The zero-order valence-corrected chi connectivity index (χ0v) is 13.4. The van der Waals surface area contributed by atoms with E-state index in [-0.39, 0.29) is 12.0 Å². The molecule has 1 amide bonds. The molecule has 2 aromatic rings. The summed E-state index contributed by atoms with van der Waals surface area (Å²) in [6, 6.07) is 11.8. The molecule has 1 aliphatic heterocycles. The van der Waals surface area contributed by atoms with Crippen molar-refractivity contribution in [2.24, 2.45) is 7.05 Å². The lowest BCUT2D eigenvalue weighted by Crippen LogP contribution is -2.30. The number of likely N-dealkylation sites (tertiary alicyclic amines) is 1. The zero-order valence-electron chi connectivity index (χ0n) is 11.8. The third-order valence-electron chi connectivity index (χ3n) is 3.93. The number of carbonyl (C=O) groups is 1. The highest BCUT2D eigenvalue weighted by Crippen LogP contribution is 2.24. The molecule has 0 aliphatic carbocycles. The molecule has 1 fully saturated rings. The molecule has 4 nitrogen and oxygen atoms in total. The van der Waals surface area contributed by atoms with E-state index in [9.17, 15) is 9.90 Å². The number of benzene rings is 1. The summed E-state index contributed by atoms with van der Waals surface area (Å²) in [7, 11) is 1.90. The average molecular weight is 349 g/mol. The van der Waals surface area contributed by atoms with E-state index >= 15 is 0 Å². The van der Waals surface area contributed by atoms with Crippen molar-refractivity contribution in [3.05, 3.63) is 46.6 Å². The first-order chi connectivity index (χ1) is 10.1. The topological polar surface area (TPSA) is 45.5 Å². The summed E-state index contributed by atoms with van der Waals surface area (Å²) in [6.45, 7) is 1.05. The van der Waals surface area contributed by atoms with Crippen molar-refractivity contribution in [1.29, 1.82) is 0 Å². The van der Waals surface area contributed by atoms with Gasteiger partial charge in [-0.15, -0.1) is 0 Å². The van der Waals surface area contributed by atoms with E-state index in [4.69, 9.17) is 0 Å². The van der Waals surface area contributed by atoms with Crippen molar-refractivity contribution in [2.45, 2.75) is 12.5 Å². The number of hydrogen-bond acceptors (Lipinski definition) is 2. The molecule has 1 aromatic heterocycles. The summed E-state index contributed by atoms with van der Waals surface area (Å²) in [5, 5.41) is 9.57. The summed E-state index contributed by atoms with van der Waals surface area (Å²) in [5.41, 5.74) is 2.73. The Labute approximate surface area is 132 Å². The predicted molar refractivity (Wildman–Crippen MR) is 85.1 cm³/mol. The molecule has 0 unspecified atom stereocenters. The fourth-order valence-corrected chi connectivity index (χ4v) is 2.99. The van der Waals surface area contributed by atoms with Gasteiger partial charge in [-0.3, -0.25) is 4.79 Å². The van der Waals surface area contributed by atoms with Crippen LogP contribution in [0.3, 0.4) is 0 Å². The van der Waals surface area contributed by atoms with Crippen LogP contribution in [0.15, 0.2) is 40.9 Å². The van der Waals surface area contributed by atoms with Crippen molar-refractivity contribution >= 4 is 21.8 Å². The smallest absolute Gasteiger partial charge is 0.270 e. The Balaban J connectivity index is 1.88. The monoisotopic (exact) mass is 348 g/mol. The largest absolute Gasteiger partial charge is 0.391 e. The molecule has 1 aliphatic rings. The van der Waals surface area contributed by atoms with Gasteiger partial charge in [-0.2, -0.15) is 0 Å². The molecule has 0 saturated carbocycles. The molecule has 0 bridgehead atoms. The van der Waals surface area contributed by atoms with E-state index in [0.717, 1.165) is 15.7 Å². The first kappa shape index (κ1) is 14.4. The first-order valence-corrected chi connectivity index (χ1v) is 7.74. The van der Waals surface area contributed by atoms with Crippen molar-refractivity contribution in [3.8, 4) is 11.3 Å². The van der Waals surface area contributed by atoms with E-state index in [0.29, 0.717) is 25.2 Å². The molecule has 1 saturated heterocycles. The van der Waals surface area contributed by atoms with E-state index in [1.165, 1.54) is 0 Å². The maximum atomic E-state index is 12.5. The second-order valence-corrected chi connectivity index (χ2v) is 6.28. The predicted octanol–water partition coefficient (Wildman–Crippen LogP) is 2.66. The van der Waals surface area contributed by atoms with Gasteiger partial charge < -0.3 is 14.6 Å². The number of hydrogen-bond donors (Lipinski definition) is 1. The Morgan fingerprint density at radius 1 is 1.24 bits per heavy atom. The number of carbonyl (C=O) groups excluding carboxylic acids is 1. The SMILES string of the molecule is Cn1c(C(=O)N2CC[C@H](O)C2)ccc1-c1ccc(Br)cc1. The van der Waals surface area contributed by atoms with Crippen LogP contribution in [-0.4, -0.2) is 39.7 Å². The van der Waals surface area contributed by atoms with Gasteiger partial charge >= 0.3 is 0 Å². The third-order valence-corrected chi connectivity index (χ3v) is 4.46. The summed E-state index contributed by atoms with van der Waals surface area (Å²) >= 11 is 3.42. The van der Waals surface area contributed by atoms with Gasteiger partial charge in [-0.1, -0.05) is 28.1 Å². The quantitative estimate of drug-likeness (QED) is 0.906. The fourth-order valence-electron chi connectivity index (χ4n) is 2.72. The van der Waals surface area contributed by atoms with E-state index in [1.807, 2.05) is 48.0 Å². The summed E-state index contributed by atoms with van der Waals surface area (Å²) < 4.78 is 2.94. The number of nitrogens with zero attached hydrogens (tertiary/aromatic N) is 2. The Morgan fingerprint density at radius 3 is 2.57 bits per heavy atom. The minimum absolute atomic E-state index is 0.0163. The second kappa shape index (κ2) is 5.66. The molecule has 1 aromatic carbocycles. The van der Waals surface area contributed by atoms with E-state index in [2.05, 4.69) is 15.9 Å². The lowest BCUT2D eigenvalue weighted by Gasteiger charge is -2.16. The van der Waals surface area contributed by atoms with Crippen molar-refractivity contribution < 1.29 is 9.90 Å². The molecule has 0 radical (unpaired) electrons. The maximum absolute atomic E-state index is 12.5. The molecule has 3 rings (SSSR count). The molecule has 1 N–H and O–H groups in total. The Morgan fingerprint density at radius 2 is 1.95 bits per heavy atom. The zero-order chi connectivity index (χ0) is 15.0. The number of aliphatic hydroxyl groups is 1. The number of aromatic nitrogens is 1. The minimum Gasteiger partial charge on any atom is -0.391 e. The van der Waals surface area contributed by atoms with Crippen LogP contribution in [0, 0.1) is 0 Å². The molecular formula is C16H17BrN2O2. The highest BCUT2D eigenvalue weighted by molar-refractivity contribution is 9.10. The van der Waals surface area contributed by atoms with Crippen molar-refractivity contribution in [3.63, 3.8) is 0 Å². The van der Waals surface area contributed by atoms with Crippen LogP contribution in [0.5, 0.6) is 0 Å². The van der Waals surface area contributed by atoms with Gasteiger partial charge in [0.15, 0.2) is 0 Å². The van der Waals surface area contributed by atoms with Gasteiger partial charge in [0.2, 0.25) is 0 Å². The highest BCUT2D eigenvalue weighted by atomic mass is 79.9. The molecule has 21 heavy (non-hydrogen) atoms. The Bertz CT molecular complexity index is 663. The van der Waals surface area contributed by atoms with Gasteiger partial charge in [0.1, 0.15) is 5.69 Å². The van der Waals surface area contributed by atoms with E-state index in [1.54, 1.807) is 4.90 Å². The third kappa shape index (κ3) is 2.76. The van der Waals surface area contributed by atoms with Gasteiger partial charge in [-0.05, 0) is 36.2 Å². The molecule has 2 heterocycles. The average Bonchev–Trinajstić information content (AvgIpc) is 3.06. The van der Waals surface area contributed by atoms with E-state index < -0.39 is 0 Å². The fraction of sp³-hybridized carbons (Fsp3) is 0.312. The number of halogens is 1. The van der Waals surface area contributed by atoms with Crippen molar-refractivity contribution in [2.75, 3.05) is 13.1 Å². The molecule has 110 valence electrons. The first-order valence-electron chi connectivity index (χ1n) is 6.95. The summed E-state index contributed by atoms with van der Waals surface area (Å²) in [5.74, 6) is -0.0163. The lowest BCUT2D eigenvalue weighted by molar-refractivity contribution is 0.0756. The number of β-amino-alcohol motifs (C(OH)–C–C–N with tert-alkyl or cyclic N) is 1. The van der Waals surface area contributed by atoms with Gasteiger partial charge in [0, 0.05) is 30.3 Å². The van der Waals surface area contributed by atoms with Crippen LogP contribution in [0.1, 0.15) is 16.9 Å². The normalized spacial score (nSPS) is 18.2. The Kier molecular flexibility index (Phi) is 3.87. The van der Waals surface area contributed by atoms with Crippen molar-refractivity contribution in [1.82, 2.24) is 9.47 Å². The molecular weight excluding hydrogens is 332 g/mol. The van der Waals surface area contributed by atoms with Gasteiger partial charge in [0.25, 0.3) is 5.91 Å². The standard InChI is InChI=1S/C16H17BrN2O2/c1-18-14(11-2-4-12(17)5-3-11)6-7-15(18)16(21)19-9-8-13(20)10-19/h2-7,13,20H,8-10H2,1H3/t13-/m0/s1. The van der Waals surface area contributed by atoms with Gasteiger partial charge in [-0.25, -0.2) is 0 Å². The van der Waals surface area contributed by atoms with Crippen LogP contribution in [0.2, 0.25) is 0 Å². The second-order valence-electron chi connectivity index (χ2n) is 5.36. The summed E-state index contributed by atoms with van der Waals surface area (Å²) in [4.78, 5) is 14.2. The van der Waals surface area contributed by atoms with Crippen LogP contribution < -0.4 is 0 Å². The number of rotatable bonds is 2. The van der Waals surface area contributed by atoms with Crippen LogP contribution in [0.25, 0.3) is 11.3 Å². The highest BCUT2D eigenvalue weighted by Gasteiger charge is 2.27. The van der Waals surface area contributed by atoms with Gasteiger partial charge in [0.05, 0.1) is 6.10 Å². The molecule has 5 heteroatoms. The van der Waals surface area contributed by atoms with Crippen LogP contribution in [-0.2, 0) is 7.05 Å². The lowest BCUT2D eigenvalue weighted by atomic mass is 10.1. The Hall–Kier alpha value is -1.59. The number of aliphatic hydroxyl groups excluding tert-OH is 1. The molecule has 0 spiro atoms. The number of amides is 1. The summed E-state index contributed by atoms with van der Waals surface area (Å²) in [6.07, 6.45) is 0.274. The minimum atomic E-state index is -0.389.